The lowest BCUT2D eigenvalue weighted by Gasteiger charge is -2.20. The Morgan fingerprint density at radius 3 is 2.63 bits per heavy atom. The minimum Gasteiger partial charge on any atom is -0.420 e. The lowest BCUT2D eigenvalue weighted by molar-refractivity contribution is 0.0952. The molecule has 0 N–H and O–H groups in total. The van der Waals surface area contributed by atoms with Gasteiger partial charge in [0, 0.05) is 25.3 Å². The average molecular weight is 427 g/mol. The van der Waals surface area contributed by atoms with Crippen LogP contribution >= 0.6 is 11.8 Å². The molecule has 0 amide bonds. The number of aromatic nitrogens is 5. The van der Waals surface area contributed by atoms with Crippen molar-refractivity contribution in [2.24, 2.45) is 0 Å². The van der Waals surface area contributed by atoms with Crippen LogP contribution in [0, 0.1) is 6.92 Å². The molecule has 2 fully saturated rings. The molecule has 158 valence electrons. The van der Waals surface area contributed by atoms with Crippen molar-refractivity contribution in [1.82, 2.24) is 25.0 Å². The maximum atomic E-state index is 5.88. The lowest BCUT2D eigenvalue weighted by atomic mass is 10.1. The summed E-state index contributed by atoms with van der Waals surface area (Å²) < 4.78 is 14.0. The number of rotatable bonds is 7. The molecule has 8 nitrogen and oxygen atoms in total. The molecular weight excluding hydrogens is 400 g/mol. The molecule has 5 rings (SSSR count). The first-order valence-corrected chi connectivity index (χ1v) is 11.6. The number of hydrogen-bond acceptors (Lipinski definition) is 8. The average Bonchev–Trinajstić information content (AvgIpc) is 3.55. The number of nitrogens with zero attached hydrogens (tertiary/aromatic N) is 6. The van der Waals surface area contributed by atoms with Crippen molar-refractivity contribution in [2.45, 2.75) is 56.2 Å². The fraction of sp³-hybridized carbons (Fsp3) is 0.524. The third kappa shape index (κ3) is 4.22. The van der Waals surface area contributed by atoms with Crippen LogP contribution in [-0.2, 0) is 17.0 Å². The number of ether oxygens (including phenoxy) is 1. The van der Waals surface area contributed by atoms with Crippen LogP contribution in [0.5, 0.6) is 0 Å². The quantitative estimate of drug-likeness (QED) is 0.529. The van der Waals surface area contributed by atoms with Gasteiger partial charge < -0.3 is 14.1 Å². The van der Waals surface area contributed by atoms with E-state index in [0.29, 0.717) is 17.5 Å². The Bertz CT molecular complexity index is 974. The van der Waals surface area contributed by atoms with Gasteiger partial charge in [-0.05, 0) is 44.7 Å². The fourth-order valence-corrected chi connectivity index (χ4v) is 4.72. The first-order chi connectivity index (χ1) is 14.8. The number of benzene rings is 1. The van der Waals surface area contributed by atoms with Crippen LogP contribution in [0.4, 0.5) is 5.95 Å². The maximum Gasteiger partial charge on any atom is 0.247 e. The van der Waals surface area contributed by atoms with E-state index >= 15 is 0 Å². The summed E-state index contributed by atoms with van der Waals surface area (Å²) in [5.74, 6) is 2.65. The monoisotopic (exact) mass is 426 g/mol. The molecule has 0 bridgehead atoms. The highest BCUT2D eigenvalue weighted by atomic mass is 32.2. The van der Waals surface area contributed by atoms with Gasteiger partial charge in [-0.1, -0.05) is 29.5 Å². The molecule has 4 heterocycles. The summed E-state index contributed by atoms with van der Waals surface area (Å²) in [6.45, 7) is 5.77. The van der Waals surface area contributed by atoms with E-state index in [1.807, 2.05) is 24.3 Å². The molecule has 2 aliphatic rings. The first kappa shape index (κ1) is 19.6. The molecule has 3 aromatic rings. The molecule has 0 spiro atoms. The zero-order chi connectivity index (χ0) is 20.3. The van der Waals surface area contributed by atoms with Gasteiger partial charge in [-0.25, -0.2) is 0 Å². The highest BCUT2D eigenvalue weighted by molar-refractivity contribution is 7.98. The van der Waals surface area contributed by atoms with Crippen LogP contribution in [0.25, 0.3) is 11.5 Å². The highest BCUT2D eigenvalue weighted by Crippen LogP contribution is 2.29. The Kier molecular flexibility index (Phi) is 5.72. The Labute approximate surface area is 180 Å². The Morgan fingerprint density at radius 2 is 1.87 bits per heavy atom. The molecule has 30 heavy (non-hydrogen) atoms. The van der Waals surface area contributed by atoms with Crippen molar-refractivity contribution >= 4 is 17.7 Å². The number of thioether (sulfide) groups is 1. The number of aryl methyl sites for hydroxylation is 1. The molecule has 9 heteroatoms. The molecule has 1 unspecified atom stereocenters. The van der Waals surface area contributed by atoms with Gasteiger partial charge in [0.1, 0.15) is 0 Å². The van der Waals surface area contributed by atoms with Gasteiger partial charge in [-0.3, -0.25) is 4.57 Å². The minimum atomic E-state index is 0.234. The van der Waals surface area contributed by atoms with Gasteiger partial charge in [-0.2, -0.15) is 0 Å². The van der Waals surface area contributed by atoms with Crippen LogP contribution in [0.2, 0.25) is 0 Å². The summed E-state index contributed by atoms with van der Waals surface area (Å²) in [5, 5.41) is 18.3. The molecule has 2 aromatic heterocycles. The third-order valence-electron chi connectivity index (χ3n) is 5.59. The molecule has 1 atom stereocenters. The number of hydrogen-bond donors (Lipinski definition) is 0. The third-order valence-corrected chi connectivity index (χ3v) is 6.54. The SMILES string of the molecule is Cc1ccc(-c2nnc(CSc3nnc(N4CCCC4)n3CC3CCCO3)o2)cc1. The van der Waals surface area contributed by atoms with Crippen molar-refractivity contribution in [3.63, 3.8) is 0 Å². The Balaban J connectivity index is 1.31. The van der Waals surface area contributed by atoms with Crippen molar-refractivity contribution in [1.29, 1.82) is 0 Å². The van der Waals surface area contributed by atoms with E-state index in [4.69, 9.17) is 9.15 Å². The number of anilines is 1. The first-order valence-electron chi connectivity index (χ1n) is 10.6. The summed E-state index contributed by atoms with van der Waals surface area (Å²) in [5.41, 5.74) is 2.13. The standard InChI is InChI=1S/C21H26N6O2S/c1-15-6-8-16(9-7-15)19-23-22-18(29-19)14-30-21-25-24-20(26-10-2-3-11-26)27(21)13-17-5-4-12-28-17/h6-9,17H,2-5,10-14H2,1H3. The molecule has 0 aliphatic carbocycles. The second-order valence-corrected chi connectivity index (χ2v) is 8.82. The van der Waals surface area contributed by atoms with E-state index in [2.05, 4.69) is 36.8 Å². The van der Waals surface area contributed by atoms with Crippen LogP contribution in [0.3, 0.4) is 0 Å². The summed E-state index contributed by atoms with van der Waals surface area (Å²) >= 11 is 1.58. The largest absolute Gasteiger partial charge is 0.420 e. The predicted molar refractivity (Wildman–Crippen MR) is 114 cm³/mol. The van der Waals surface area contributed by atoms with E-state index in [9.17, 15) is 0 Å². The van der Waals surface area contributed by atoms with Gasteiger partial charge in [0.25, 0.3) is 0 Å². The zero-order valence-corrected chi connectivity index (χ0v) is 18.0. The molecule has 2 saturated heterocycles. The lowest BCUT2D eigenvalue weighted by Crippen LogP contribution is -2.25. The zero-order valence-electron chi connectivity index (χ0n) is 17.2. The smallest absolute Gasteiger partial charge is 0.247 e. The Morgan fingerprint density at radius 1 is 1.03 bits per heavy atom. The second kappa shape index (κ2) is 8.77. The van der Waals surface area contributed by atoms with Gasteiger partial charge in [0.15, 0.2) is 5.16 Å². The van der Waals surface area contributed by atoms with Gasteiger partial charge in [0.05, 0.1) is 18.4 Å². The molecule has 2 aliphatic heterocycles. The van der Waals surface area contributed by atoms with E-state index in [0.717, 1.165) is 55.8 Å². The molecule has 0 radical (unpaired) electrons. The van der Waals surface area contributed by atoms with Gasteiger partial charge in [0.2, 0.25) is 17.7 Å². The molecule has 1 aromatic carbocycles. The van der Waals surface area contributed by atoms with Crippen molar-refractivity contribution < 1.29 is 9.15 Å². The topological polar surface area (TPSA) is 82.1 Å². The van der Waals surface area contributed by atoms with Crippen molar-refractivity contribution in [3.8, 4) is 11.5 Å². The van der Waals surface area contributed by atoms with E-state index in [1.54, 1.807) is 11.8 Å². The van der Waals surface area contributed by atoms with Crippen LogP contribution in [0.1, 0.15) is 37.1 Å². The predicted octanol–water partition coefficient (Wildman–Crippen LogP) is 3.71. The Hall–Kier alpha value is -2.39. The van der Waals surface area contributed by atoms with E-state index in [-0.39, 0.29) is 6.10 Å². The highest BCUT2D eigenvalue weighted by Gasteiger charge is 2.25. The summed E-state index contributed by atoms with van der Waals surface area (Å²) in [4.78, 5) is 2.33. The van der Waals surface area contributed by atoms with E-state index in [1.165, 1.54) is 18.4 Å². The van der Waals surface area contributed by atoms with Gasteiger partial charge >= 0.3 is 0 Å². The summed E-state index contributed by atoms with van der Waals surface area (Å²) in [6, 6.07) is 8.09. The van der Waals surface area contributed by atoms with E-state index < -0.39 is 0 Å². The molecular formula is C21H26N6O2S. The van der Waals surface area contributed by atoms with Crippen LogP contribution < -0.4 is 4.90 Å². The summed E-state index contributed by atoms with van der Waals surface area (Å²) in [6.07, 6.45) is 4.86. The second-order valence-electron chi connectivity index (χ2n) is 7.88. The minimum absolute atomic E-state index is 0.234. The van der Waals surface area contributed by atoms with Crippen molar-refractivity contribution in [3.05, 3.63) is 35.7 Å². The van der Waals surface area contributed by atoms with Crippen LogP contribution in [-0.4, -0.2) is 50.8 Å². The normalized spacial score (nSPS) is 19.1. The maximum absolute atomic E-state index is 5.88. The fourth-order valence-electron chi connectivity index (χ4n) is 3.94. The summed E-state index contributed by atoms with van der Waals surface area (Å²) in [7, 11) is 0. The molecule has 0 saturated carbocycles. The van der Waals surface area contributed by atoms with Gasteiger partial charge in [-0.15, -0.1) is 20.4 Å². The van der Waals surface area contributed by atoms with Crippen molar-refractivity contribution in [2.75, 3.05) is 24.6 Å². The van der Waals surface area contributed by atoms with Crippen LogP contribution in [0.15, 0.2) is 33.8 Å².